The first-order chi connectivity index (χ1) is 14.8. The van der Waals surface area contributed by atoms with Crippen molar-refractivity contribution in [3.8, 4) is 0 Å². The Kier molecular flexibility index (Phi) is 7.16. The highest BCUT2D eigenvalue weighted by molar-refractivity contribution is 9.10. The molecule has 1 heterocycles. The molecule has 0 saturated carbocycles. The zero-order valence-corrected chi connectivity index (χ0v) is 17.8. The first-order valence-corrected chi connectivity index (χ1v) is 10.1. The Labute approximate surface area is 185 Å². The van der Waals surface area contributed by atoms with Crippen molar-refractivity contribution in [1.29, 1.82) is 0 Å². The summed E-state index contributed by atoms with van der Waals surface area (Å²) in [5.74, 6) is -2.06. The number of hydrogen-bond donors (Lipinski definition) is 2. The zero-order valence-electron chi connectivity index (χ0n) is 16.2. The molecule has 0 unspecified atom stereocenters. The quantitative estimate of drug-likeness (QED) is 0.145. The van der Waals surface area contributed by atoms with Gasteiger partial charge in [-0.05, 0) is 29.8 Å². The Hall–Kier alpha value is -3.08. The van der Waals surface area contributed by atoms with Crippen molar-refractivity contribution in [2.24, 2.45) is 0 Å². The summed E-state index contributed by atoms with van der Waals surface area (Å²) in [6, 6.07) is 11.2. The van der Waals surface area contributed by atoms with Crippen molar-refractivity contribution in [2.45, 2.75) is 6.04 Å². The lowest BCUT2D eigenvalue weighted by molar-refractivity contribution is -0.384. The molecule has 2 N–H and O–H groups in total. The van der Waals surface area contributed by atoms with E-state index in [2.05, 4.69) is 15.9 Å². The summed E-state index contributed by atoms with van der Waals surface area (Å²) < 4.78 is 6.04. The number of aliphatic hydroxyl groups excluding tert-OH is 2. The molecule has 1 amide bonds. The Morgan fingerprint density at radius 1 is 1.10 bits per heavy atom. The average Bonchev–Trinajstić information content (AvgIpc) is 3.01. The average molecular weight is 491 g/mol. The number of nitro benzene ring substituents is 1. The number of benzene rings is 2. The van der Waals surface area contributed by atoms with Gasteiger partial charge in [0.05, 0.1) is 36.4 Å². The zero-order chi connectivity index (χ0) is 22.5. The van der Waals surface area contributed by atoms with Crippen LogP contribution in [0, 0.1) is 10.1 Å². The van der Waals surface area contributed by atoms with E-state index < -0.39 is 28.4 Å². The maximum Gasteiger partial charge on any atom is 0.295 e. The van der Waals surface area contributed by atoms with Gasteiger partial charge in [-0.3, -0.25) is 19.7 Å². The van der Waals surface area contributed by atoms with E-state index in [-0.39, 0.29) is 43.2 Å². The summed E-state index contributed by atoms with van der Waals surface area (Å²) in [5, 5.41) is 30.6. The fraction of sp³-hybridized carbons (Fsp3) is 0.238. The SMILES string of the molecule is O=C1C(=O)N(CCOCCO)[C@@H](c2ccc(Br)cc2)C1=C(O)c1ccc([N+](=O)[O-])cc1. The van der Waals surface area contributed by atoms with E-state index in [9.17, 15) is 24.8 Å². The molecule has 1 aliphatic heterocycles. The van der Waals surface area contributed by atoms with Gasteiger partial charge in [-0.15, -0.1) is 0 Å². The van der Waals surface area contributed by atoms with Gasteiger partial charge in [0.2, 0.25) is 0 Å². The molecule has 9 nitrogen and oxygen atoms in total. The number of aliphatic hydroxyl groups is 2. The van der Waals surface area contributed by atoms with E-state index in [0.29, 0.717) is 5.56 Å². The third-order valence-electron chi connectivity index (χ3n) is 4.79. The molecule has 0 spiro atoms. The van der Waals surface area contributed by atoms with E-state index in [0.717, 1.165) is 4.47 Å². The minimum Gasteiger partial charge on any atom is -0.507 e. The molecule has 0 radical (unpaired) electrons. The molecule has 0 aromatic heterocycles. The second-order valence-electron chi connectivity index (χ2n) is 6.68. The van der Waals surface area contributed by atoms with Crippen molar-refractivity contribution in [1.82, 2.24) is 4.90 Å². The lowest BCUT2D eigenvalue weighted by atomic mass is 9.95. The van der Waals surface area contributed by atoms with Crippen LogP contribution in [0.2, 0.25) is 0 Å². The largest absolute Gasteiger partial charge is 0.507 e. The lowest BCUT2D eigenvalue weighted by Gasteiger charge is -2.25. The number of halogens is 1. The van der Waals surface area contributed by atoms with Gasteiger partial charge < -0.3 is 19.8 Å². The van der Waals surface area contributed by atoms with Gasteiger partial charge in [-0.1, -0.05) is 28.1 Å². The summed E-state index contributed by atoms with van der Waals surface area (Å²) in [6.45, 7) is 0.0886. The van der Waals surface area contributed by atoms with Crippen LogP contribution in [0.15, 0.2) is 58.6 Å². The van der Waals surface area contributed by atoms with Crippen LogP contribution in [-0.2, 0) is 14.3 Å². The monoisotopic (exact) mass is 490 g/mol. The van der Waals surface area contributed by atoms with E-state index in [1.165, 1.54) is 29.2 Å². The molecular weight excluding hydrogens is 472 g/mol. The predicted molar refractivity (Wildman–Crippen MR) is 114 cm³/mol. The van der Waals surface area contributed by atoms with Gasteiger partial charge in [0.15, 0.2) is 0 Å². The number of non-ortho nitro benzene ring substituents is 1. The molecule has 1 aliphatic rings. The van der Waals surface area contributed by atoms with Crippen molar-refractivity contribution < 1.29 is 29.5 Å². The summed E-state index contributed by atoms with van der Waals surface area (Å²) >= 11 is 3.34. The number of carbonyl (C=O) groups excluding carboxylic acids is 2. The minimum atomic E-state index is -0.860. The second kappa shape index (κ2) is 9.82. The normalized spacial score (nSPS) is 17.9. The van der Waals surface area contributed by atoms with Crippen LogP contribution in [0.3, 0.4) is 0 Å². The molecule has 0 aliphatic carbocycles. The third kappa shape index (κ3) is 4.82. The van der Waals surface area contributed by atoms with Crippen LogP contribution in [0.25, 0.3) is 5.76 Å². The Bertz CT molecular complexity index is 1020. The van der Waals surface area contributed by atoms with E-state index in [1.54, 1.807) is 24.3 Å². The Morgan fingerprint density at radius 2 is 1.74 bits per heavy atom. The number of likely N-dealkylation sites (tertiary alicyclic amines) is 1. The van der Waals surface area contributed by atoms with Crippen molar-refractivity contribution in [2.75, 3.05) is 26.4 Å². The van der Waals surface area contributed by atoms with E-state index in [1.807, 2.05) is 0 Å². The van der Waals surface area contributed by atoms with Crippen LogP contribution < -0.4 is 0 Å². The molecule has 1 atom stereocenters. The summed E-state index contributed by atoms with van der Waals surface area (Å²) in [6.07, 6.45) is 0. The maximum absolute atomic E-state index is 12.8. The van der Waals surface area contributed by atoms with Gasteiger partial charge in [0.25, 0.3) is 17.4 Å². The second-order valence-corrected chi connectivity index (χ2v) is 7.60. The summed E-state index contributed by atoms with van der Waals surface area (Å²) in [7, 11) is 0. The number of rotatable bonds is 8. The highest BCUT2D eigenvalue weighted by Gasteiger charge is 2.45. The molecule has 2 aromatic rings. The standard InChI is InChI=1S/C21H19BrN2O7/c22-15-5-1-13(2-6-15)18-17(19(26)14-3-7-16(8-4-14)24(29)30)20(27)21(28)23(18)9-11-31-12-10-25/h1-8,18,25-26H,9-12H2/t18-/m0/s1. The van der Waals surface area contributed by atoms with Crippen LogP contribution in [0.4, 0.5) is 5.69 Å². The van der Waals surface area contributed by atoms with E-state index in [4.69, 9.17) is 9.84 Å². The molecule has 31 heavy (non-hydrogen) atoms. The molecule has 10 heteroatoms. The molecule has 0 bridgehead atoms. The first kappa shape index (κ1) is 22.6. The van der Waals surface area contributed by atoms with Gasteiger partial charge in [0.1, 0.15) is 5.76 Å². The van der Waals surface area contributed by atoms with Gasteiger partial charge in [0, 0.05) is 28.7 Å². The fourth-order valence-corrected chi connectivity index (χ4v) is 3.59. The number of ether oxygens (including phenoxy) is 1. The van der Waals surface area contributed by atoms with Gasteiger partial charge in [-0.25, -0.2) is 0 Å². The van der Waals surface area contributed by atoms with Gasteiger partial charge >= 0.3 is 0 Å². The smallest absolute Gasteiger partial charge is 0.295 e. The Morgan fingerprint density at radius 3 is 2.32 bits per heavy atom. The third-order valence-corrected chi connectivity index (χ3v) is 5.32. The van der Waals surface area contributed by atoms with Crippen LogP contribution in [-0.4, -0.2) is 58.1 Å². The molecule has 1 fully saturated rings. The number of ketones is 1. The van der Waals surface area contributed by atoms with Crippen molar-refractivity contribution in [3.63, 3.8) is 0 Å². The molecule has 2 aromatic carbocycles. The topological polar surface area (TPSA) is 130 Å². The summed E-state index contributed by atoms with van der Waals surface area (Å²) in [5.41, 5.74) is 0.515. The number of nitro groups is 1. The highest BCUT2D eigenvalue weighted by atomic mass is 79.9. The maximum atomic E-state index is 12.8. The number of hydrogen-bond acceptors (Lipinski definition) is 7. The van der Waals surface area contributed by atoms with Crippen LogP contribution in [0.5, 0.6) is 0 Å². The van der Waals surface area contributed by atoms with E-state index >= 15 is 0 Å². The molecular formula is C21H19BrN2O7. The lowest BCUT2D eigenvalue weighted by Crippen LogP contribution is -2.33. The molecule has 3 rings (SSSR count). The van der Waals surface area contributed by atoms with Gasteiger partial charge in [-0.2, -0.15) is 0 Å². The van der Waals surface area contributed by atoms with Crippen molar-refractivity contribution in [3.05, 3.63) is 79.8 Å². The van der Waals surface area contributed by atoms with Crippen molar-refractivity contribution >= 4 is 39.1 Å². The Balaban J connectivity index is 2.05. The highest BCUT2D eigenvalue weighted by Crippen LogP contribution is 2.39. The fourth-order valence-electron chi connectivity index (χ4n) is 3.33. The number of Topliss-reactive ketones (excluding diaryl/α,β-unsaturated/α-hetero) is 1. The molecule has 162 valence electrons. The van der Waals surface area contributed by atoms with Crippen LogP contribution >= 0.6 is 15.9 Å². The number of nitrogens with zero attached hydrogens (tertiary/aromatic N) is 2. The first-order valence-electron chi connectivity index (χ1n) is 9.32. The number of amides is 1. The summed E-state index contributed by atoms with van der Waals surface area (Å²) in [4.78, 5) is 37.2. The van der Waals surface area contributed by atoms with Crippen LogP contribution in [0.1, 0.15) is 17.2 Å². The minimum absolute atomic E-state index is 0.0718. The number of carbonyl (C=O) groups is 2. The predicted octanol–water partition coefficient (Wildman–Crippen LogP) is 2.79. The molecule has 1 saturated heterocycles.